The monoisotopic (exact) mass is 489 g/mol. The molecule has 1 N–H and O–H groups in total. The molecule has 0 spiro atoms. The Balaban J connectivity index is 1.81. The maximum absolute atomic E-state index is 11.9. The van der Waals surface area contributed by atoms with Crippen LogP contribution in [0, 0.1) is 5.92 Å². The molecule has 1 atom stereocenters. The van der Waals surface area contributed by atoms with Crippen molar-refractivity contribution >= 4 is 7.82 Å². The number of hydrogen-bond acceptors (Lipinski definition) is 4. The van der Waals surface area contributed by atoms with E-state index in [-0.39, 0.29) is 13.2 Å². The largest absolute Gasteiger partial charge is 0.756 e. The van der Waals surface area contributed by atoms with E-state index in [0.29, 0.717) is 0 Å². The van der Waals surface area contributed by atoms with Gasteiger partial charge in [-0.05, 0) is 25.2 Å². The van der Waals surface area contributed by atoms with Crippen molar-refractivity contribution < 1.29 is 23.4 Å². The number of rotatable bonds is 23. The molecule has 0 saturated carbocycles. The molecule has 0 bridgehead atoms. The van der Waals surface area contributed by atoms with Crippen molar-refractivity contribution in [1.29, 1.82) is 0 Å². The fraction of sp³-hybridized carbons (Fsp3) is 1.00. The van der Waals surface area contributed by atoms with Gasteiger partial charge in [-0.15, -0.1) is 0 Å². The molecule has 1 aliphatic rings. The summed E-state index contributed by atoms with van der Waals surface area (Å²) in [5.74, 6) is 0.850. The zero-order chi connectivity index (χ0) is 24.0. The first-order chi connectivity index (χ1) is 16.1. The SMILES string of the molecule is CCCCCCCCCCCCCCCCCCOP(=O)([O-])OCC[NH+]1CCC(CC)CC1. The van der Waals surface area contributed by atoms with Crippen LogP contribution in [-0.2, 0) is 13.6 Å². The maximum atomic E-state index is 11.9. The number of hydrogen-bond donors (Lipinski definition) is 1. The van der Waals surface area contributed by atoms with E-state index in [1.54, 1.807) is 0 Å². The lowest BCUT2D eigenvalue weighted by Gasteiger charge is -2.29. The van der Waals surface area contributed by atoms with Crippen molar-refractivity contribution in [3.05, 3.63) is 0 Å². The van der Waals surface area contributed by atoms with Crippen LogP contribution in [0.4, 0.5) is 0 Å². The summed E-state index contributed by atoms with van der Waals surface area (Å²) in [5, 5.41) is 0. The van der Waals surface area contributed by atoms with Crippen LogP contribution in [-0.4, -0.2) is 32.8 Å². The first-order valence-electron chi connectivity index (χ1n) is 14.5. The lowest BCUT2D eigenvalue weighted by molar-refractivity contribution is -0.906. The second kappa shape index (κ2) is 21.4. The van der Waals surface area contributed by atoms with Crippen LogP contribution in [0.5, 0.6) is 0 Å². The molecule has 0 aromatic heterocycles. The normalized spacial score (nSPS) is 20.7. The Hall–Kier alpha value is 0.0700. The van der Waals surface area contributed by atoms with Gasteiger partial charge >= 0.3 is 0 Å². The third-order valence-corrected chi connectivity index (χ3v) is 8.34. The third kappa shape index (κ3) is 19.0. The summed E-state index contributed by atoms with van der Waals surface area (Å²) in [6.45, 7) is 8.04. The summed E-state index contributed by atoms with van der Waals surface area (Å²) >= 11 is 0. The minimum Gasteiger partial charge on any atom is -0.756 e. The molecular weight excluding hydrogens is 433 g/mol. The molecule has 1 unspecified atom stereocenters. The molecule has 0 aliphatic carbocycles. The summed E-state index contributed by atoms with van der Waals surface area (Å²) in [7, 11) is -4.13. The fourth-order valence-electron chi connectivity index (χ4n) is 4.91. The van der Waals surface area contributed by atoms with E-state index in [1.165, 1.54) is 114 Å². The van der Waals surface area contributed by atoms with E-state index in [1.807, 2.05) is 0 Å². The number of phosphoric acid groups is 1. The van der Waals surface area contributed by atoms with Crippen molar-refractivity contribution in [3.8, 4) is 0 Å². The summed E-state index contributed by atoms with van der Waals surface area (Å²) in [5.41, 5.74) is 0. The summed E-state index contributed by atoms with van der Waals surface area (Å²) in [6, 6.07) is 0. The Bertz CT molecular complexity index is 469. The number of nitrogens with one attached hydrogen (secondary N) is 1. The van der Waals surface area contributed by atoms with E-state index in [9.17, 15) is 9.46 Å². The predicted octanol–water partition coefficient (Wildman–Crippen LogP) is 6.45. The molecule has 1 heterocycles. The Morgan fingerprint density at radius 1 is 0.697 bits per heavy atom. The predicted molar refractivity (Wildman–Crippen MR) is 138 cm³/mol. The van der Waals surface area contributed by atoms with E-state index in [0.717, 1.165) is 38.4 Å². The maximum Gasteiger partial charge on any atom is 0.268 e. The molecule has 198 valence electrons. The number of quaternary nitrogens is 1. The van der Waals surface area contributed by atoms with E-state index < -0.39 is 7.82 Å². The highest BCUT2D eigenvalue weighted by Gasteiger charge is 2.21. The Morgan fingerprint density at radius 3 is 1.58 bits per heavy atom. The first kappa shape index (κ1) is 31.1. The zero-order valence-corrected chi connectivity index (χ0v) is 23.0. The lowest BCUT2D eigenvalue weighted by Crippen LogP contribution is -3.13. The van der Waals surface area contributed by atoms with Crippen LogP contribution >= 0.6 is 7.82 Å². The van der Waals surface area contributed by atoms with Gasteiger partial charge in [0.15, 0.2) is 0 Å². The van der Waals surface area contributed by atoms with Crippen LogP contribution in [0.3, 0.4) is 0 Å². The molecule has 0 aromatic rings. The number of likely N-dealkylation sites (tertiary alicyclic amines) is 1. The van der Waals surface area contributed by atoms with Gasteiger partial charge in [-0.1, -0.05) is 117 Å². The fourth-order valence-corrected chi connectivity index (χ4v) is 5.65. The van der Waals surface area contributed by atoms with Gasteiger partial charge < -0.3 is 18.8 Å². The molecule has 1 aliphatic heterocycles. The molecule has 5 nitrogen and oxygen atoms in total. The van der Waals surface area contributed by atoms with Gasteiger partial charge in [-0.3, -0.25) is 4.57 Å². The quantitative estimate of drug-likeness (QED) is 0.132. The second-order valence-corrected chi connectivity index (χ2v) is 11.7. The molecule has 0 amide bonds. The number of piperidine rings is 1. The standard InChI is InChI=1S/C27H56NO4P/c1-3-5-6-7-8-9-10-11-12-13-14-15-16-17-18-19-25-31-33(29,30)32-26-24-28-22-20-27(4-2)21-23-28/h27H,3-26H2,1-2H3,(H,29,30). The van der Waals surface area contributed by atoms with Gasteiger partial charge in [0.25, 0.3) is 7.82 Å². The molecule has 0 radical (unpaired) electrons. The average molecular weight is 490 g/mol. The van der Waals surface area contributed by atoms with Crippen molar-refractivity contribution in [2.24, 2.45) is 5.92 Å². The van der Waals surface area contributed by atoms with E-state index in [2.05, 4.69) is 13.8 Å². The Labute approximate surface area is 206 Å². The minimum atomic E-state index is -4.13. The van der Waals surface area contributed by atoms with Gasteiger partial charge in [0.1, 0.15) is 13.2 Å². The molecule has 1 rings (SSSR count). The van der Waals surface area contributed by atoms with Crippen LogP contribution < -0.4 is 9.79 Å². The summed E-state index contributed by atoms with van der Waals surface area (Å²) < 4.78 is 22.0. The Kier molecular flexibility index (Phi) is 20.1. The number of unbranched alkanes of at least 4 members (excludes halogenated alkanes) is 15. The van der Waals surface area contributed by atoms with Crippen molar-refractivity contribution in [3.63, 3.8) is 0 Å². The van der Waals surface area contributed by atoms with Crippen LogP contribution in [0.1, 0.15) is 136 Å². The lowest BCUT2D eigenvalue weighted by atomic mass is 9.94. The highest BCUT2D eigenvalue weighted by Crippen LogP contribution is 2.38. The molecular formula is C27H56NO4P. The minimum absolute atomic E-state index is 0.242. The van der Waals surface area contributed by atoms with Crippen molar-refractivity contribution in [2.45, 2.75) is 136 Å². The Morgan fingerprint density at radius 2 is 1.12 bits per heavy atom. The van der Waals surface area contributed by atoms with Gasteiger partial charge in [-0.25, -0.2) is 0 Å². The highest BCUT2D eigenvalue weighted by molar-refractivity contribution is 7.45. The van der Waals surface area contributed by atoms with Crippen LogP contribution in [0.2, 0.25) is 0 Å². The van der Waals surface area contributed by atoms with Crippen LogP contribution in [0.25, 0.3) is 0 Å². The molecule has 1 saturated heterocycles. The third-order valence-electron chi connectivity index (χ3n) is 7.34. The van der Waals surface area contributed by atoms with E-state index >= 15 is 0 Å². The summed E-state index contributed by atoms with van der Waals surface area (Å²) in [4.78, 5) is 13.4. The number of phosphoric ester groups is 1. The molecule has 0 aromatic carbocycles. The second-order valence-electron chi connectivity index (χ2n) is 10.3. The summed E-state index contributed by atoms with van der Waals surface area (Å²) in [6.07, 6.45) is 24.7. The van der Waals surface area contributed by atoms with Crippen molar-refractivity contribution in [1.82, 2.24) is 0 Å². The van der Waals surface area contributed by atoms with Gasteiger partial charge in [0, 0.05) is 0 Å². The topological polar surface area (TPSA) is 63.0 Å². The van der Waals surface area contributed by atoms with Gasteiger partial charge in [0.05, 0.1) is 19.7 Å². The smallest absolute Gasteiger partial charge is 0.268 e. The molecule has 1 fully saturated rings. The average Bonchev–Trinajstić information content (AvgIpc) is 2.81. The van der Waals surface area contributed by atoms with E-state index in [4.69, 9.17) is 9.05 Å². The zero-order valence-electron chi connectivity index (χ0n) is 22.1. The van der Waals surface area contributed by atoms with Gasteiger partial charge in [0.2, 0.25) is 0 Å². The van der Waals surface area contributed by atoms with Crippen molar-refractivity contribution in [2.75, 3.05) is 32.8 Å². The molecule has 6 heteroatoms. The van der Waals surface area contributed by atoms with Crippen LogP contribution in [0.15, 0.2) is 0 Å². The molecule has 33 heavy (non-hydrogen) atoms. The van der Waals surface area contributed by atoms with Gasteiger partial charge in [-0.2, -0.15) is 0 Å². The first-order valence-corrected chi connectivity index (χ1v) is 16.0. The highest BCUT2D eigenvalue weighted by atomic mass is 31.2.